The van der Waals surface area contributed by atoms with Crippen LogP contribution in [0.2, 0.25) is 0 Å². The third-order valence-electron chi connectivity index (χ3n) is 7.94. The lowest BCUT2D eigenvalue weighted by Crippen LogP contribution is -2.61. The van der Waals surface area contributed by atoms with Crippen LogP contribution in [0.3, 0.4) is 0 Å². The predicted molar refractivity (Wildman–Crippen MR) is 163 cm³/mol. The number of aromatic hydroxyl groups is 1. The molecule has 2 heterocycles. The maximum absolute atomic E-state index is 14.0. The summed E-state index contributed by atoms with van der Waals surface area (Å²) in [6.07, 6.45) is 0.972. The van der Waals surface area contributed by atoms with E-state index in [0.717, 1.165) is 12.0 Å². The van der Waals surface area contributed by atoms with Gasteiger partial charge in [-0.2, -0.15) is 0 Å². The second-order valence-electron chi connectivity index (χ2n) is 11.9. The predicted octanol–water partition coefficient (Wildman–Crippen LogP) is 1.94. The topological polar surface area (TPSA) is 163 Å². The Balaban J connectivity index is 1.43. The molecule has 0 saturated carbocycles. The van der Waals surface area contributed by atoms with E-state index < -0.39 is 60.1 Å². The number of nitrogens with zero attached hydrogens (tertiary/aromatic N) is 1. The molecule has 2 aromatic carbocycles. The SMILES string of the molecule is CC(=O)N[C@@H](Cc1ccc(O)cc1)C(=O)N[C@H](C(=O)N1CCCCC1C(=O)NC1CC(=O)OC1OCc1ccccc1)C(C)C. The quantitative estimate of drug-likeness (QED) is 0.261. The Bertz CT molecular complexity index is 1350. The minimum Gasteiger partial charge on any atom is -0.508 e. The van der Waals surface area contributed by atoms with Crippen LogP contribution in [0.5, 0.6) is 5.75 Å². The highest BCUT2D eigenvalue weighted by molar-refractivity contribution is 5.94. The van der Waals surface area contributed by atoms with Crippen molar-refractivity contribution in [1.29, 1.82) is 0 Å². The van der Waals surface area contributed by atoms with E-state index in [9.17, 15) is 29.1 Å². The van der Waals surface area contributed by atoms with Gasteiger partial charge in [0.1, 0.15) is 29.9 Å². The van der Waals surface area contributed by atoms with Gasteiger partial charge in [-0.05, 0) is 48.4 Å². The van der Waals surface area contributed by atoms with Gasteiger partial charge in [0.15, 0.2) is 0 Å². The van der Waals surface area contributed by atoms with Crippen LogP contribution in [-0.4, -0.2) is 76.6 Å². The number of hydrogen-bond donors (Lipinski definition) is 4. The number of rotatable bonds is 12. The van der Waals surface area contributed by atoms with E-state index in [1.54, 1.807) is 26.0 Å². The molecular weight excluding hydrogens is 580 g/mol. The smallest absolute Gasteiger partial charge is 0.310 e. The summed E-state index contributed by atoms with van der Waals surface area (Å²) >= 11 is 0. The molecule has 2 aliphatic heterocycles. The van der Waals surface area contributed by atoms with Crippen molar-refractivity contribution < 1.29 is 38.6 Å². The molecule has 2 aromatic rings. The molecule has 4 rings (SSSR count). The first-order valence-electron chi connectivity index (χ1n) is 15.3. The average Bonchev–Trinajstić information content (AvgIpc) is 3.37. The van der Waals surface area contributed by atoms with Gasteiger partial charge in [-0.1, -0.05) is 56.3 Å². The summed E-state index contributed by atoms with van der Waals surface area (Å²) in [6.45, 7) is 5.42. The standard InChI is InChI=1S/C33H42N4O8/c1-20(2)29(36-30(41)25(34-21(3)38)17-22-12-14-24(39)15-13-22)32(43)37-16-8-7-11-27(37)31(42)35-26-18-28(40)45-33(26)44-19-23-9-5-4-6-10-23/h4-6,9-10,12-15,20,25-27,29,33,39H,7-8,11,16-19H2,1-3H3,(H,34,38)(H,35,42)(H,36,41)/t25-,26?,27?,29-,33?/m0/s1. The number of phenolic OH excluding ortho intramolecular Hbond substituents is 1. The molecule has 0 bridgehead atoms. The van der Waals surface area contributed by atoms with Crippen molar-refractivity contribution in [2.24, 2.45) is 5.92 Å². The van der Waals surface area contributed by atoms with Gasteiger partial charge >= 0.3 is 5.97 Å². The highest BCUT2D eigenvalue weighted by Crippen LogP contribution is 2.23. The molecule has 242 valence electrons. The van der Waals surface area contributed by atoms with E-state index in [1.165, 1.54) is 24.0 Å². The first-order chi connectivity index (χ1) is 21.5. The van der Waals surface area contributed by atoms with Crippen molar-refractivity contribution in [2.45, 2.75) is 89.9 Å². The van der Waals surface area contributed by atoms with Gasteiger partial charge in [0, 0.05) is 19.9 Å². The van der Waals surface area contributed by atoms with Crippen LogP contribution < -0.4 is 16.0 Å². The Kier molecular flexibility index (Phi) is 11.5. The molecule has 0 aromatic heterocycles. The summed E-state index contributed by atoms with van der Waals surface area (Å²) < 4.78 is 11.1. The number of benzene rings is 2. The number of carbonyl (C=O) groups is 5. The Hall–Kier alpha value is -4.45. The summed E-state index contributed by atoms with van der Waals surface area (Å²) in [5, 5.41) is 17.9. The Labute approximate surface area is 262 Å². The molecule has 2 fully saturated rings. The second kappa shape index (κ2) is 15.5. The number of carbonyl (C=O) groups excluding carboxylic acids is 5. The van der Waals surface area contributed by atoms with Gasteiger partial charge in [0.05, 0.1) is 13.0 Å². The van der Waals surface area contributed by atoms with Gasteiger partial charge in [0.25, 0.3) is 0 Å². The summed E-state index contributed by atoms with van der Waals surface area (Å²) in [6, 6.07) is 12.2. The maximum atomic E-state index is 14.0. The lowest BCUT2D eigenvalue weighted by molar-refractivity contribution is -0.168. The van der Waals surface area contributed by atoms with Crippen molar-refractivity contribution in [1.82, 2.24) is 20.9 Å². The van der Waals surface area contributed by atoms with Crippen molar-refractivity contribution in [3.8, 4) is 5.75 Å². The van der Waals surface area contributed by atoms with Gasteiger partial charge in [-0.3, -0.25) is 24.0 Å². The van der Waals surface area contributed by atoms with Crippen LogP contribution in [-0.2, 0) is 46.5 Å². The third-order valence-corrected chi connectivity index (χ3v) is 7.94. The van der Waals surface area contributed by atoms with Crippen LogP contribution in [0, 0.1) is 5.92 Å². The number of likely N-dealkylation sites (tertiary alicyclic amines) is 1. The van der Waals surface area contributed by atoms with E-state index in [2.05, 4.69) is 16.0 Å². The fourth-order valence-electron chi connectivity index (χ4n) is 5.57. The fourth-order valence-corrected chi connectivity index (χ4v) is 5.57. The monoisotopic (exact) mass is 622 g/mol. The summed E-state index contributed by atoms with van der Waals surface area (Å²) in [5.74, 6) is -2.50. The van der Waals surface area contributed by atoms with Crippen molar-refractivity contribution in [3.63, 3.8) is 0 Å². The lowest BCUT2D eigenvalue weighted by Gasteiger charge is -2.38. The maximum Gasteiger partial charge on any atom is 0.310 e. The van der Waals surface area contributed by atoms with Gasteiger partial charge in [-0.15, -0.1) is 0 Å². The van der Waals surface area contributed by atoms with E-state index in [-0.39, 0.29) is 31.1 Å². The Morgan fingerprint density at radius 1 is 1.00 bits per heavy atom. The molecule has 2 saturated heterocycles. The summed E-state index contributed by atoms with van der Waals surface area (Å²) in [4.78, 5) is 66.5. The molecule has 12 nitrogen and oxygen atoms in total. The number of phenols is 1. The average molecular weight is 623 g/mol. The van der Waals surface area contributed by atoms with E-state index in [4.69, 9.17) is 9.47 Å². The molecule has 4 N–H and O–H groups in total. The lowest BCUT2D eigenvalue weighted by atomic mass is 9.96. The third kappa shape index (κ3) is 9.27. The molecule has 4 amide bonds. The first-order valence-corrected chi connectivity index (χ1v) is 15.3. The zero-order chi connectivity index (χ0) is 32.5. The van der Waals surface area contributed by atoms with Gasteiger partial charge < -0.3 is 35.4 Å². The van der Waals surface area contributed by atoms with Crippen LogP contribution in [0.1, 0.15) is 57.6 Å². The van der Waals surface area contributed by atoms with Crippen LogP contribution in [0.4, 0.5) is 0 Å². The number of esters is 1. The Morgan fingerprint density at radius 3 is 2.38 bits per heavy atom. The minimum atomic E-state index is -0.964. The van der Waals surface area contributed by atoms with Crippen LogP contribution in [0.25, 0.3) is 0 Å². The van der Waals surface area contributed by atoms with Crippen molar-refractivity contribution >= 4 is 29.6 Å². The molecule has 45 heavy (non-hydrogen) atoms. The summed E-state index contributed by atoms with van der Waals surface area (Å²) in [5.41, 5.74) is 1.60. The molecule has 0 aliphatic carbocycles. The number of nitrogens with one attached hydrogen (secondary N) is 3. The number of hydrogen-bond acceptors (Lipinski definition) is 8. The number of cyclic esters (lactones) is 1. The molecular formula is C33H42N4O8. The van der Waals surface area contributed by atoms with Gasteiger partial charge in [-0.25, -0.2) is 0 Å². The normalized spacial score (nSPS) is 21.0. The second-order valence-corrected chi connectivity index (χ2v) is 11.9. The molecule has 2 aliphatic rings. The summed E-state index contributed by atoms with van der Waals surface area (Å²) in [7, 11) is 0. The number of ether oxygens (including phenoxy) is 2. The van der Waals surface area contributed by atoms with Crippen molar-refractivity contribution in [3.05, 3.63) is 65.7 Å². The number of piperidine rings is 1. The highest BCUT2D eigenvalue weighted by atomic mass is 16.7. The highest BCUT2D eigenvalue weighted by Gasteiger charge is 2.42. The number of amides is 4. The van der Waals surface area contributed by atoms with E-state index in [1.807, 2.05) is 30.3 Å². The molecule has 0 spiro atoms. The molecule has 5 atom stereocenters. The van der Waals surface area contributed by atoms with Gasteiger partial charge in [0.2, 0.25) is 29.9 Å². The Morgan fingerprint density at radius 2 is 1.71 bits per heavy atom. The molecule has 0 radical (unpaired) electrons. The zero-order valence-corrected chi connectivity index (χ0v) is 25.9. The van der Waals surface area contributed by atoms with Crippen LogP contribution in [0.15, 0.2) is 54.6 Å². The minimum absolute atomic E-state index is 0.0535. The van der Waals surface area contributed by atoms with E-state index in [0.29, 0.717) is 24.9 Å². The molecule has 3 unspecified atom stereocenters. The zero-order valence-electron chi connectivity index (χ0n) is 25.9. The first kappa shape index (κ1) is 33.4. The fraction of sp³-hybridized carbons (Fsp3) is 0.485. The van der Waals surface area contributed by atoms with E-state index >= 15 is 0 Å². The largest absolute Gasteiger partial charge is 0.508 e. The van der Waals surface area contributed by atoms with Crippen molar-refractivity contribution in [2.75, 3.05) is 6.54 Å². The van der Waals surface area contributed by atoms with Crippen LogP contribution >= 0.6 is 0 Å². The molecule has 12 heteroatoms.